The van der Waals surface area contributed by atoms with Gasteiger partial charge in [-0.25, -0.2) is 0 Å². The zero-order valence-corrected chi connectivity index (χ0v) is 12.5. The van der Waals surface area contributed by atoms with Crippen LogP contribution in [-0.2, 0) is 6.42 Å². The highest BCUT2D eigenvalue weighted by molar-refractivity contribution is 9.10. The molecule has 1 heterocycles. The number of halogens is 1. The molecule has 0 radical (unpaired) electrons. The van der Waals surface area contributed by atoms with Crippen molar-refractivity contribution in [1.29, 1.82) is 0 Å². The summed E-state index contributed by atoms with van der Waals surface area (Å²) >= 11 is 3.40. The molecular formula is C15H15BrO3. The van der Waals surface area contributed by atoms with Crippen molar-refractivity contribution in [3.05, 3.63) is 51.9 Å². The normalized spacial score (nSPS) is 10.5. The Hall–Kier alpha value is -1.55. The van der Waals surface area contributed by atoms with Crippen molar-refractivity contribution in [3.63, 3.8) is 0 Å². The van der Waals surface area contributed by atoms with Gasteiger partial charge in [0.05, 0.1) is 6.61 Å². The Bertz CT molecular complexity index is 587. The quantitative estimate of drug-likeness (QED) is 0.773. The van der Waals surface area contributed by atoms with E-state index >= 15 is 0 Å². The summed E-state index contributed by atoms with van der Waals surface area (Å²) in [4.78, 5) is 12.3. The maximum atomic E-state index is 12.3. The van der Waals surface area contributed by atoms with Crippen LogP contribution >= 0.6 is 15.9 Å². The molecule has 0 fully saturated rings. The summed E-state index contributed by atoms with van der Waals surface area (Å²) < 4.78 is 11.6. The van der Waals surface area contributed by atoms with Crippen molar-refractivity contribution in [2.24, 2.45) is 0 Å². The molecule has 1 aromatic carbocycles. The lowest BCUT2D eigenvalue weighted by atomic mass is 10.1. The largest absolute Gasteiger partial charge is 0.494 e. The van der Waals surface area contributed by atoms with E-state index in [1.165, 1.54) is 0 Å². The van der Waals surface area contributed by atoms with Crippen LogP contribution < -0.4 is 4.74 Å². The Morgan fingerprint density at radius 3 is 2.63 bits per heavy atom. The summed E-state index contributed by atoms with van der Waals surface area (Å²) in [5, 5.41) is 0. The van der Waals surface area contributed by atoms with Crippen LogP contribution in [-0.4, -0.2) is 12.4 Å². The summed E-state index contributed by atoms with van der Waals surface area (Å²) in [7, 11) is 0. The minimum absolute atomic E-state index is 0.130. The minimum Gasteiger partial charge on any atom is -0.494 e. The number of aryl methyl sites for hydroxylation is 1. The summed E-state index contributed by atoms with van der Waals surface area (Å²) in [6, 6.07) is 8.86. The Morgan fingerprint density at radius 1 is 1.26 bits per heavy atom. The smallest absolute Gasteiger partial charge is 0.229 e. The number of benzene rings is 1. The van der Waals surface area contributed by atoms with Gasteiger partial charge in [0, 0.05) is 16.5 Å². The number of ketones is 1. The van der Waals surface area contributed by atoms with Crippen LogP contribution in [0.1, 0.15) is 35.7 Å². The predicted molar refractivity (Wildman–Crippen MR) is 76.8 cm³/mol. The van der Waals surface area contributed by atoms with Crippen molar-refractivity contribution in [1.82, 2.24) is 0 Å². The van der Waals surface area contributed by atoms with Crippen LogP contribution in [0.15, 0.2) is 39.2 Å². The van der Waals surface area contributed by atoms with Gasteiger partial charge in [0.15, 0.2) is 5.76 Å². The van der Waals surface area contributed by atoms with Crippen LogP contribution in [0.5, 0.6) is 5.75 Å². The van der Waals surface area contributed by atoms with E-state index in [0.29, 0.717) is 22.4 Å². The maximum absolute atomic E-state index is 12.3. The lowest BCUT2D eigenvalue weighted by Crippen LogP contribution is -2.01. The zero-order valence-electron chi connectivity index (χ0n) is 10.9. The molecule has 0 aliphatic rings. The molecule has 0 aliphatic heterocycles. The van der Waals surface area contributed by atoms with Crippen molar-refractivity contribution in [3.8, 4) is 5.75 Å². The van der Waals surface area contributed by atoms with Gasteiger partial charge in [-0.1, -0.05) is 6.92 Å². The van der Waals surface area contributed by atoms with Crippen LogP contribution in [0.2, 0.25) is 0 Å². The number of furan rings is 1. The minimum atomic E-state index is -0.130. The van der Waals surface area contributed by atoms with E-state index in [1.807, 2.05) is 19.9 Å². The highest BCUT2D eigenvalue weighted by Crippen LogP contribution is 2.26. The van der Waals surface area contributed by atoms with Crippen LogP contribution in [0, 0.1) is 0 Å². The highest BCUT2D eigenvalue weighted by Gasteiger charge is 2.16. The molecule has 0 saturated heterocycles. The predicted octanol–water partition coefficient (Wildman–Crippen LogP) is 4.23. The van der Waals surface area contributed by atoms with E-state index in [1.54, 1.807) is 24.3 Å². The molecule has 2 rings (SSSR count). The highest BCUT2D eigenvalue weighted by atomic mass is 79.9. The molecule has 0 amide bonds. The zero-order chi connectivity index (χ0) is 13.8. The van der Waals surface area contributed by atoms with E-state index in [4.69, 9.17) is 9.15 Å². The fourth-order valence-electron chi connectivity index (χ4n) is 1.76. The maximum Gasteiger partial charge on any atom is 0.229 e. The lowest BCUT2D eigenvalue weighted by molar-refractivity contribution is 0.101. The number of carbonyl (C=O) groups excluding carboxylic acids is 1. The van der Waals surface area contributed by atoms with Crippen LogP contribution in [0.4, 0.5) is 0 Å². The summed E-state index contributed by atoms with van der Waals surface area (Å²) in [6.45, 7) is 4.50. The van der Waals surface area contributed by atoms with Gasteiger partial charge in [0.25, 0.3) is 0 Å². The Balaban J connectivity index is 2.28. The molecule has 0 bridgehead atoms. The van der Waals surface area contributed by atoms with E-state index in [-0.39, 0.29) is 5.78 Å². The van der Waals surface area contributed by atoms with Gasteiger partial charge in [-0.05, 0) is 53.2 Å². The fraction of sp³-hybridized carbons (Fsp3) is 0.267. The van der Waals surface area contributed by atoms with E-state index in [0.717, 1.165) is 17.9 Å². The molecule has 100 valence electrons. The molecule has 0 saturated carbocycles. The molecular weight excluding hydrogens is 308 g/mol. The lowest BCUT2D eigenvalue weighted by Gasteiger charge is -2.06. The standard InChI is InChI=1S/C15H15BrO3/c1-3-10-6-8-14(19-10)15(17)12-7-5-11(18-4-2)9-13(12)16/h5-9H,3-4H2,1-2H3. The summed E-state index contributed by atoms with van der Waals surface area (Å²) in [6.07, 6.45) is 0.776. The first-order valence-corrected chi connectivity index (χ1v) is 7.00. The molecule has 1 aromatic heterocycles. The number of hydrogen-bond donors (Lipinski definition) is 0. The third-order valence-corrected chi connectivity index (χ3v) is 3.39. The molecule has 4 heteroatoms. The molecule has 0 atom stereocenters. The number of ether oxygens (including phenoxy) is 1. The second-order valence-electron chi connectivity index (χ2n) is 4.02. The second kappa shape index (κ2) is 6.06. The summed E-state index contributed by atoms with van der Waals surface area (Å²) in [5.41, 5.74) is 0.570. The first kappa shape index (κ1) is 13.9. The van der Waals surface area contributed by atoms with E-state index < -0.39 is 0 Å². The van der Waals surface area contributed by atoms with Crippen molar-refractivity contribution < 1.29 is 13.9 Å². The molecule has 2 aromatic rings. The van der Waals surface area contributed by atoms with Gasteiger partial charge in [0.2, 0.25) is 5.78 Å². The number of rotatable bonds is 5. The first-order valence-electron chi connectivity index (χ1n) is 6.21. The molecule has 0 aliphatic carbocycles. The van der Waals surface area contributed by atoms with Gasteiger partial charge in [-0.15, -0.1) is 0 Å². The molecule has 19 heavy (non-hydrogen) atoms. The van der Waals surface area contributed by atoms with Gasteiger partial charge < -0.3 is 9.15 Å². The van der Waals surface area contributed by atoms with E-state index in [2.05, 4.69) is 15.9 Å². The molecule has 0 N–H and O–H groups in total. The average Bonchev–Trinajstić information content (AvgIpc) is 2.87. The third kappa shape index (κ3) is 3.07. The Kier molecular flexibility index (Phi) is 4.43. The Labute approximate surface area is 120 Å². The molecule has 3 nitrogen and oxygen atoms in total. The van der Waals surface area contributed by atoms with Gasteiger partial charge in [-0.2, -0.15) is 0 Å². The first-order chi connectivity index (χ1) is 9.15. The van der Waals surface area contributed by atoms with Gasteiger partial charge >= 0.3 is 0 Å². The van der Waals surface area contributed by atoms with Gasteiger partial charge in [-0.3, -0.25) is 4.79 Å². The van der Waals surface area contributed by atoms with E-state index in [9.17, 15) is 4.79 Å². The Morgan fingerprint density at radius 2 is 2.05 bits per heavy atom. The van der Waals surface area contributed by atoms with Crippen molar-refractivity contribution in [2.45, 2.75) is 20.3 Å². The second-order valence-corrected chi connectivity index (χ2v) is 4.88. The molecule has 0 unspecified atom stereocenters. The van der Waals surface area contributed by atoms with Crippen LogP contribution in [0.25, 0.3) is 0 Å². The van der Waals surface area contributed by atoms with Gasteiger partial charge in [0.1, 0.15) is 11.5 Å². The monoisotopic (exact) mass is 322 g/mol. The topological polar surface area (TPSA) is 39.4 Å². The SMILES string of the molecule is CCOc1ccc(C(=O)c2ccc(CC)o2)c(Br)c1. The number of hydrogen-bond acceptors (Lipinski definition) is 3. The average molecular weight is 323 g/mol. The van der Waals surface area contributed by atoms with Crippen molar-refractivity contribution in [2.75, 3.05) is 6.61 Å². The molecule has 0 spiro atoms. The third-order valence-electron chi connectivity index (χ3n) is 2.73. The fourth-order valence-corrected chi connectivity index (χ4v) is 2.30. The summed E-state index contributed by atoms with van der Waals surface area (Å²) in [5.74, 6) is 1.78. The number of carbonyl (C=O) groups is 1. The van der Waals surface area contributed by atoms with Crippen LogP contribution in [0.3, 0.4) is 0 Å². The van der Waals surface area contributed by atoms with Crippen molar-refractivity contribution >= 4 is 21.7 Å².